The number of hydrogen-bond acceptors (Lipinski definition) is 3. The van der Waals surface area contributed by atoms with E-state index < -0.39 is 5.41 Å². The van der Waals surface area contributed by atoms with E-state index in [1.165, 1.54) is 5.56 Å². The molecule has 0 bridgehead atoms. The van der Waals surface area contributed by atoms with E-state index in [0.29, 0.717) is 0 Å². The number of ether oxygens (including phenoxy) is 1. The number of carbonyl (C=O) groups excluding carboxylic acids is 1. The number of anilines is 1. The van der Waals surface area contributed by atoms with Gasteiger partial charge in [0.25, 0.3) is 0 Å². The van der Waals surface area contributed by atoms with Crippen molar-refractivity contribution in [1.82, 2.24) is 9.38 Å². The van der Waals surface area contributed by atoms with E-state index in [4.69, 9.17) is 9.72 Å². The Kier molecular flexibility index (Phi) is 4.31. The van der Waals surface area contributed by atoms with Crippen LogP contribution in [0.5, 0.6) is 5.75 Å². The number of hydrogen-bond donors (Lipinski definition) is 1. The molecule has 5 heteroatoms. The molecule has 1 N–H and O–H groups in total. The number of pyridine rings is 1. The van der Waals surface area contributed by atoms with Crippen LogP contribution in [0, 0.1) is 6.92 Å². The molecule has 0 unspecified atom stereocenters. The van der Waals surface area contributed by atoms with Crippen molar-refractivity contribution < 1.29 is 9.53 Å². The molecule has 1 aliphatic carbocycles. The molecule has 1 aliphatic rings. The maximum Gasteiger partial charge on any atom is 0.235 e. The van der Waals surface area contributed by atoms with Crippen LogP contribution in [0.4, 0.5) is 5.69 Å². The van der Waals surface area contributed by atoms with Gasteiger partial charge in [-0.2, -0.15) is 0 Å². The third-order valence-electron chi connectivity index (χ3n) is 5.86. The summed E-state index contributed by atoms with van der Waals surface area (Å²) < 4.78 is 7.50. The lowest BCUT2D eigenvalue weighted by Crippen LogP contribution is -2.28. The molecule has 150 valence electrons. The number of para-hydroxylation sites is 1. The zero-order chi connectivity index (χ0) is 20.7. The second-order valence-corrected chi connectivity index (χ2v) is 7.91. The molecule has 2 aromatic heterocycles. The summed E-state index contributed by atoms with van der Waals surface area (Å²) in [5.41, 5.74) is 5.28. The summed E-state index contributed by atoms with van der Waals surface area (Å²) >= 11 is 0. The standard InChI is InChI=1S/C25H23N3O2/c1-17-11-14-28-16-21(27-23(28)15-17)18-7-9-19(10-8-18)26-24(29)25(12-13-25)20-5-3-4-6-22(20)30-2/h3-11,14-16H,12-13H2,1-2H3,(H,26,29). The Morgan fingerprint density at radius 1 is 1.10 bits per heavy atom. The van der Waals surface area contributed by atoms with Crippen LogP contribution in [-0.2, 0) is 10.2 Å². The third kappa shape index (κ3) is 3.12. The number of fused-ring (bicyclic) bond motifs is 1. The van der Waals surface area contributed by atoms with Crippen LogP contribution in [0.3, 0.4) is 0 Å². The number of nitrogens with zero attached hydrogens (tertiary/aromatic N) is 2. The summed E-state index contributed by atoms with van der Waals surface area (Å²) in [5, 5.41) is 3.09. The van der Waals surface area contributed by atoms with Crippen LogP contribution in [0.2, 0.25) is 0 Å². The SMILES string of the molecule is COc1ccccc1C1(C(=O)Nc2ccc(-c3cn4ccc(C)cc4n3)cc2)CC1. The van der Waals surface area contributed by atoms with Gasteiger partial charge in [0, 0.05) is 29.2 Å². The van der Waals surface area contributed by atoms with Crippen molar-refractivity contribution in [2.24, 2.45) is 0 Å². The largest absolute Gasteiger partial charge is 0.496 e. The molecule has 2 aromatic carbocycles. The Labute approximate surface area is 175 Å². The number of methoxy groups -OCH3 is 1. The van der Waals surface area contributed by atoms with E-state index in [9.17, 15) is 4.79 Å². The Hall–Kier alpha value is -3.60. The minimum atomic E-state index is -0.495. The molecule has 30 heavy (non-hydrogen) atoms. The topological polar surface area (TPSA) is 55.6 Å². The predicted octanol–water partition coefficient (Wildman–Crippen LogP) is 4.99. The zero-order valence-corrected chi connectivity index (χ0v) is 17.1. The summed E-state index contributed by atoms with van der Waals surface area (Å²) in [6.45, 7) is 2.06. The molecule has 4 aromatic rings. The van der Waals surface area contributed by atoms with E-state index in [0.717, 1.165) is 46.7 Å². The molecule has 0 radical (unpaired) electrons. The summed E-state index contributed by atoms with van der Waals surface area (Å²) in [5.74, 6) is 0.783. The number of imidazole rings is 1. The fourth-order valence-corrected chi connectivity index (χ4v) is 3.98. The van der Waals surface area contributed by atoms with Crippen LogP contribution < -0.4 is 10.1 Å². The highest BCUT2D eigenvalue weighted by Crippen LogP contribution is 2.52. The number of rotatable bonds is 5. The monoisotopic (exact) mass is 397 g/mol. The first-order valence-electron chi connectivity index (χ1n) is 10.1. The van der Waals surface area contributed by atoms with E-state index in [-0.39, 0.29) is 5.91 Å². The maximum absolute atomic E-state index is 13.1. The fourth-order valence-electron chi connectivity index (χ4n) is 3.98. The molecule has 5 rings (SSSR count). The molecule has 1 amide bonds. The van der Waals surface area contributed by atoms with Crippen molar-refractivity contribution in [2.75, 3.05) is 12.4 Å². The Bertz CT molecular complexity index is 1240. The second kappa shape index (κ2) is 7.02. The van der Waals surface area contributed by atoms with Gasteiger partial charge in [-0.1, -0.05) is 30.3 Å². The van der Waals surface area contributed by atoms with E-state index in [1.54, 1.807) is 7.11 Å². The number of carbonyl (C=O) groups is 1. The number of aromatic nitrogens is 2. The predicted molar refractivity (Wildman–Crippen MR) is 118 cm³/mol. The summed E-state index contributed by atoms with van der Waals surface area (Å²) in [7, 11) is 1.65. The van der Waals surface area contributed by atoms with Gasteiger partial charge < -0.3 is 14.5 Å². The number of amides is 1. The molecule has 2 heterocycles. The lowest BCUT2D eigenvalue weighted by molar-refractivity contribution is -0.118. The zero-order valence-electron chi connectivity index (χ0n) is 17.1. The Morgan fingerprint density at radius 2 is 1.87 bits per heavy atom. The van der Waals surface area contributed by atoms with Crippen LogP contribution in [0.15, 0.2) is 73.1 Å². The summed E-state index contributed by atoms with van der Waals surface area (Å²) in [6, 6.07) is 19.7. The second-order valence-electron chi connectivity index (χ2n) is 7.91. The first-order chi connectivity index (χ1) is 14.6. The lowest BCUT2D eigenvalue weighted by Gasteiger charge is -2.18. The van der Waals surface area contributed by atoms with Gasteiger partial charge in [0.05, 0.1) is 18.2 Å². The van der Waals surface area contributed by atoms with Crippen LogP contribution in [0.1, 0.15) is 24.0 Å². The van der Waals surface area contributed by atoms with Gasteiger partial charge in [0.2, 0.25) is 5.91 Å². The maximum atomic E-state index is 13.1. The number of benzene rings is 2. The highest BCUT2D eigenvalue weighted by atomic mass is 16.5. The molecule has 1 fully saturated rings. The van der Waals surface area contributed by atoms with Crippen molar-refractivity contribution in [3.8, 4) is 17.0 Å². The van der Waals surface area contributed by atoms with Gasteiger partial charge in [-0.15, -0.1) is 0 Å². The van der Waals surface area contributed by atoms with Gasteiger partial charge in [0.1, 0.15) is 11.4 Å². The molecule has 0 aliphatic heterocycles. The van der Waals surface area contributed by atoms with Crippen molar-refractivity contribution in [3.63, 3.8) is 0 Å². The van der Waals surface area contributed by atoms with Gasteiger partial charge in [-0.05, 0) is 55.7 Å². The highest BCUT2D eigenvalue weighted by molar-refractivity contribution is 6.02. The molecular formula is C25H23N3O2. The molecule has 0 atom stereocenters. The van der Waals surface area contributed by atoms with Crippen molar-refractivity contribution in [2.45, 2.75) is 25.2 Å². The van der Waals surface area contributed by atoms with Gasteiger partial charge in [-0.3, -0.25) is 4.79 Å². The van der Waals surface area contributed by atoms with Crippen LogP contribution in [0.25, 0.3) is 16.9 Å². The van der Waals surface area contributed by atoms with Gasteiger partial charge in [-0.25, -0.2) is 4.98 Å². The van der Waals surface area contributed by atoms with E-state index in [1.807, 2.05) is 65.3 Å². The minimum absolute atomic E-state index is 0.0166. The van der Waals surface area contributed by atoms with E-state index in [2.05, 4.69) is 24.4 Å². The summed E-state index contributed by atoms with van der Waals surface area (Å²) in [6.07, 6.45) is 5.70. The first kappa shape index (κ1) is 18.4. The first-order valence-corrected chi connectivity index (χ1v) is 10.1. The average molecular weight is 397 g/mol. The van der Waals surface area contributed by atoms with Gasteiger partial charge in [0.15, 0.2) is 0 Å². The Balaban J connectivity index is 1.36. The van der Waals surface area contributed by atoms with Gasteiger partial charge >= 0.3 is 0 Å². The van der Waals surface area contributed by atoms with Crippen molar-refractivity contribution >= 4 is 17.2 Å². The van der Waals surface area contributed by atoms with Crippen molar-refractivity contribution in [3.05, 3.63) is 84.2 Å². The number of nitrogens with one attached hydrogen (secondary N) is 1. The van der Waals surface area contributed by atoms with Crippen LogP contribution >= 0.6 is 0 Å². The van der Waals surface area contributed by atoms with Crippen LogP contribution in [-0.4, -0.2) is 22.4 Å². The smallest absolute Gasteiger partial charge is 0.235 e. The average Bonchev–Trinajstić information content (AvgIpc) is 3.48. The Morgan fingerprint density at radius 3 is 2.60 bits per heavy atom. The van der Waals surface area contributed by atoms with E-state index >= 15 is 0 Å². The molecule has 5 nitrogen and oxygen atoms in total. The minimum Gasteiger partial charge on any atom is -0.496 e. The quantitative estimate of drug-likeness (QED) is 0.516. The lowest BCUT2D eigenvalue weighted by atomic mass is 9.94. The normalized spacial score (nSPS) is 14.5. The molecular weight excluding hydrogens is 374 g/mol. The third-order valence-corrected chi connectivity index (χ3v) is 5.86. The van der Waals surface area contributed by atoms with Crippen molar-refractivity contribution in [1.29, 1.82) is 0 Å². The number of aryl methyl sites for hydroxylation is 1. The highest BCUT2D eigenvalue weighted by Gasteiger charge is 2.52. The summed E-state index contributed by atoms with van der Waals surface area (Å²) in [4.78, 5) is 17.8. The molecule has 0 saturated heterocycles. The fraction of sp³-hybridized carbons (Fsp3) is 0.200. The molecule has 0 spiro atoms. The molecule has 1 saturated carbocycles.